The fourth-order valence-corrected chi connectivity index (χ4v) is 6.66. The predicted octanol–water partition coefficient (Wildman–Crippen LogP) is 3.20. The molecule has 0 N–H and O–H groups in total. The van der Waals surface area contributed by atoms with Gasteiger partial charge in [0, 0.05) is 12.6 Å². The maximum absolute atomic E-state index is 12.7. The standard InChI is InChI=1S/C17H22N2O3S3/c1-2-3-9-19(13-8-10-25(21,22)12-13)16(20)11-23-17-18-14-6-4-5-7-15(14)24-17/h4-7,13H,2-3,8-12H2,1H3. The van der Waals surface area contributed by atoms with Gasteiger partial charge >= 0.3 is 0 Å². The lowest BCUT2D eigenvalue weighted by Gasteiger charge is -2.28. The molecule has 0 radical (unpaired) electrons. The molecular weight excluding hydrogens is 376 g/mol. The topological polar surface area (TPSA) is 67.3 Å². The molecule has 1 atom stereocenters. The molecule has 5 nitrogen and oxygen atoms in total. The number of hydrogen-bond donors (Lipinski definition) is 0. The normalized spacial score (nSPS) is 19.3. The second-order valence-electron chi connectivity index (χ2n) is 6.23. The van der Waals surface area contributed by atoms with Crippen LogP contribution in [0.1, 0.15) is 26.2 Å². The largest absolute Gasteiger partial charge is 0.338 e. The number of thiazole rings is 1. The Kier molecular flexibility index (Phi) is 6.01. The minimum absolute atomic E-state index is 0.0137. The van der Waals surface area contributed by atoms with Gasteiger partial charge < -0.3 is 4.90 Å². The number of benzene rings is 1. The summed E-state index contributed by atoms with van der Waals surface area (Å²) in [5, 5.41) is 0. The summed E-state index contributed by atoms with van der Waals surface area (Å²) in [6.07, 6.45) is 2.44. The molecule has 25 heavy (non-hydrogen) atoms. The molecule has 0 bridgehead atoms. The highest BCUT2D eigenvalue weighted by atomic mass is 32.2. The second-order valence-corrected chi connectivity index (χ2v) is 10.7. The molecule has 1 fully saturated rings. The highest BCUT2D eigenvalue weighted by Gasteiger charge is 2.34. The summed E-state index contributed by atoms with van der Waals surface area (Å²) in [6.45, 7) is 2.71. The Morgan fingerprint density at radius 3 is 2.88 bits per heavy atom. The SMILES string of the molecule is CCCCN(C(=O)CSc1nc2ccccc2s1)C1CCS(=O)(=O)C1. The summed E-state index contributed by atoms with van der Waals surface area (Å²) in [6, 6.07) is 7.76. The van der Waals surface area contributed by atoms with Crippen LogP contribution in [-0.2, 0) is 14.6 Å². The molecule has 136 valence electrons. The van der Waals surface area contributed by atoms with Crippen molar-refractivity contribution in [3.63, 3.8) is 0 Å². The zero-order valence-electron chi connectivity index (χ0n) is 14.2. The number of hydrogen-bond acceptors (Lipinski definition) is 6. The number of aromatic nitrogens is 1. The van der Waals surface area contributed by atoms with Crippen LogP contribution in [0.15, 0.2) is 28.6 Å². The van der Waals surface area contributed by atoms with Crippen LogP contribution in [0.25, 0.3) is 10.2 Å². The number of fused-ring (bicyclic) bond motifs is 1. The summed E-state index contributed by atoms with van der Waals surface area (Å²) in [5.41, 5.74) is 0.951. The van der Waals surface area contributed by atoms with E-state index in [0.717, 1.165) is 27.4 Å². The molecule has 8 heteroatoms. The molecule has 1 aliphatic rings. The first-order chi connectivity index (χ1) is 12.0. The van der Waals surface area contributed by atoms with Gasteiger partial charge in [-0.25, -0.2) is 13.4 Å². The molecule has 1 aromatic carbocycles. The smallest absolute Gasteiger partial charge is 0.233 e. The zero-order chi connectivity index (χ0) is 17.9. The number of rotatable bonds is 7. The first kappa shape index (κ1) is 18.7. The monoisotopic (exact) mass is 398 g/mol. The van der Waals surface area contributed by atoms with E-state index in [4.69, 9.17) is 0 Å². The van der Waals surface area contributed by atoms with E-state index in [1.807, 2.05) is 24.3 Å². The summed E-state index contributed by atoms with van der Waals surface area (Å²) >= 11 is 3.03. The van der Waals surface area contributed by atoms with Crippen molar-refractivity contribution in [3.8, 4) is 0 Å². The Labute approximate surface area is 156 Å². The van der Waals surface area contributed by atoms with Crippen molar-refractivity contribution in [2.75, 3.05) is 23.8 Å². The van der Waals surface area contributed by atoms with E-state index in [1.165, 1.54) is 11.8 Å². The van der Waals surface area contributed by atoms with Crippen molar-refractivity contribution in [1.82, 2.24) is 9.88 Å². The number of carbonyl (C=O) groups excluding carboxylic acids is 1. The quantitative estimate of drug-likeness (QED) is 0.670. The third kappa shape index (κ3) is 4.74. The minimum atomic E-state index is -2.99. The van der Waals surface area contributed by atoms with Gasteiger partial charge in [-0.3, -0.25) is 4.79 Å². The van der Waals surface area contributed by atoms with Crippen molar-refractivity contribution in [3.05, 3.63) is 24.3 Å². The number of amides is 1. The molecule has 1 unspecified atom stereocenters. The van der Waals surface area contributed by atoms with Crippen molar-refractivity contribution in [2.24, 2.45) is 0 Å². The lowest BCUT2D eigenvalue weighted by Crippen LogP contribution is -2.42. The van der Waals surface area contributed by atoms with Crippen LogP contribution in [0.5, 0.6) is 0 Å². The Morgan fingerprint density at radius 2 is 2.20 bits per heavy atom. The molecule has 1 aromatic heterocycles. The lowest BCUT2D eigenvalue weighted by molar-refractivity contribution is -0.130. The van der Waals surface area contributed by atoms with Crippen molar-refractivity contribution in [2.45, 2.75) is 36.6 Å². The first-order valence-electron chi connectivity index (χ1n) is 8.47. The molecule has 1 saturated heterocycles. The highest BCUT2D eigenvalue weighted by Crippen LogP contribution is 2.30. The second kappa shape index (κ2) is 8.05. The van der Waals surface area contributed by atoms with E-state index in [9.17, 15) is 13.2 Å². The van der Waals surface area contributed by atoms with Gasteiger partial charge in [0.05, 0.1) is 27.5 Å². The number of thioether (sulfide) groups is 1. The van der Waals surface area contributed by atoms with Gasteiger partial charge in [0.25, 0.3) is 0 Å². The number of carbonyl (C=O) groups is 1. The number of nitrogens with zero attached hydrogens (tertiary/aromatic N) is 2. The number of para-hydroxylation sites is 1. The predicted molar refractivity (Wildman–Crippen MR) is 104 cm³/mol. The maximum atomic E-state index is 12.7. The lowest BCUT2D eigenvalue weighted by atomic mass is 10.2. The van der Waals surface area contributed by atoms with Crippen LogP contribution in [0.4, 0.5) is 0 Å². The molecule has 0 aliphatic carbocycles. The van der Waals surface area contributed by atoms with E-state index in [1.54, 1.807) is 16.2 Å². The van der Waals surface area contributed by atoms with Gasteiger partial charge in [-0.15, -0.1) is 11.3 Å². The molecule has 3 rings (SSSR count). The van der Waals surface area contributed by atoms with Gasteiger partial charge in [-0.1, -0.05) is 37.2 Å². The molecule has 1 amide bonds. The van der Waals surface area contributed by atoms with Crippen molar-refractivity contribution >= 4 is 49.1 Å². The number of unbranched alkanes of at least 4 members (excludes halogenated alkanes) is 1. The molecule has 2 heterocycles. The summed E-state index contributed by atoms with van der Waals surface area (Å²) in [5.74, 6) is 0.618. The van der Waals surface area contributed by atoms with Gasteiger partial charge in [-0.2, -0.15) is 0 Å². The summed E-state index contributed by atoms with van der Waals surface area (Å²) < 4.78 is 25.5. The van der Waals surface area contributed by atoms with E-state index in [-0.39, 0.29) is 23.5 Å². The Balaban J connectivity index is 1.65. The number of sulfone groups is 1. The third-order valence-electron chi connectivity index (χ3n) is 4.32. The summed E-state index contributed by atoms with van der Waals surface area (Å²) in [4.78, 5) is 19.1. The third-order valence-corrected chi connectivity index (χ3v) is 8.23. The van der Waals surface area contributed by atoms with Crippen LogP contribution in [0.3, 0.4) is 0 Å². The molecule has 2 aromatic rings. The van der Waals surface area contributed by atoms with E-state index < -0.39 is 9.84 Å². The molecule has 0 spiro atoms. The van der Waals surface area contributed by atoms with E-state index in [2.05, 4.69) is 11.9 Å². The average molecular weight is 399 g/mol. The van der Waals surface area contributed by atoms with Gasteiger partial charge in [0.2, 0.25) is 5.91 Å². The molecule has 1 aliphatic heterocycles. The van der Waals surface area contributed by atoms with Crippen LogP contribution in [0.2, 0.25) is 0 Å². The van der Waals surface area contributed by atoms with E-state index in [0.29, 0.717) is 18.7 Å². The summed E-state index contributed by atoms with van der Waals surface area (Å²) in [7, 11) is -2.99. The van der Waals surface area contributed by atoms with Crippen LogP contribution in [0, 0.1) is 0 Å². The van der Waals surface area contributed by atoms with Gasteiger partial charge in [-0.05, 0) is 25.0 Å². The average Bonchev–Trinajstić information content (AvgIpc) is 3.16. The van der Waals surface area contributed by atoms with Crippen molar-refractivity contribution < 1.29 is 13.2 Å². The van der Waals surface area contributed by atoms with Gasteiger partial charge in [0.1, 0.15) is 0 Å². The van der Waals surface area contributed by atoms with E-state index >= 15 is 0 Å². The fraction of sp³-hybridized carbons (Fsp3) is 0.529. The van der Waals surface area contributed by atoms with Gasteiger partial charge in [0.15, 0.2) is 14.2 Å². The van der Waals surface area contributed by atoms with Crippen LogP contribution >= 0.6 is 23.1 Å². The molecular formula is C17H22N2O3S3. The van der Waals surface area contributed by atoms with Crippen LogP contribution in [-0.4, -0.2) is 54.1 Å². The maximum Gasteiger partial charge on any atom is 0.233 e. The molecule has 0 saturated carbocycles. The Hall–Kier alpha value is -1.12. The Morgan fingerprint density at radius 1 is 1.40 bits per heavy atom. The van der Waals surface area contributed by atoms with Crippen molar-refractivity contribution in [1.29, 1.82) is 0 Å². The fourth-order valence-electron chi connectivity index (χ4n) is 2.98. The zero-order valence-corrected chi connectivity index (χ0v) is 16.6. The van der Waals surface area contributed by atoms with Crippen LogP contribution < -0.4 is 0 Å². The minimum Gasteiger partial charge on any atom is -0.338 e. The Bertz CT molecular complexity index is 815. The first-order valence-corrected chi connectivity index (χ1v) is 12.1. The highest BCUT2D eigenvalue weighted by molar-refractivity contribution is 8.01.